The second-order valence-electron chi connectivity index (χ2n) is 8.16. The molecule has 0 aromatic heterocycles. The molecule has 31 heavy (non-hydrogen) atoms. The largest absolute Gasteiger partial charge is 0.480 e. The molecule has 0 spiro atoms. The van der Waals surface area contributed by atoms with Crippen molar-refractivity contribution in [3.05, 3.63) is 95.1 Å². The van der Waals surface area contributed by atoms with Gasteiger partial charge in [0.25, 0.3) is 0 Å². The molecule has 0 aliphatic heterocycles. The number of aliphatic carboxylic acids is 1. The molecule has 0 bridgehead atoms. The highest BCUT2D eigenvalue weighted by Gasteiger charge is 2.34. The zero-order valence-electron chi connectivity index (χ0n) is 17.0. The lowest BCUT2D eigenvalue weighted by Crippen LogP contribution is -2.44. The minimum atomic E-state index is -1.04. The molecule has 156 valence electrons. The normalized spacial score (nSPS) is 14.6. The van der Waals surface area contributed by atoms with Crippen LogP contribution in [0.1, 0.15) is 28.2 Å². The third-order valence-corrected chi connectivity index (χ3v) is 6.35. The molecule has 5 nitrogen and oxygen atoms in total. The third-order valence-electron chi connectivity index (χ3n) is 6.35. The number of benzene rings is 3. The van der Waals surface area contributed by atoms with Crippen molar-refractivity contribution in [2.75, 3.05) is 13.2 Å². The van der Waals surface area contributed by atoms with E-state index in [0.717, 1.165) is 33.4 Å². The number of ether oxygens (including phenoxy) is 1. The fraction of sp³-hybridized carbons (Fsp3) is 0.231. The molecule has 0 unspecified atom stereocenters. The highest BCUT2D eigenvalue weighted by molar-refractivity contribution is 5.80. The summed E-state index contributed by atoms with van der Waals surface area (Å²) in [5.74, 6) is -1.09. The van der Waals surface area contributed by atoms with E-state index < -0.39 is 12.1 Å². The molecular formula is C26H23NO4. The lowest BCUT2D eigenvalue weighted by atomic mass is 9.98. The lowest BCUT2D eigenvalue weighted by Gasteiger charge is -2.27. The molecule has 0 radical (unpaired) electrons. The van der Waals surface area contributed by atoms with E-state index in [4.69, 9.17) is 4.74 Å². The molecule has 1 amide bonds. The maximum absolute atomic E-state index is 13.0. The maximum Gasteiger partial charge on any atom is 0.410 e. The van der Waals surface area contributed by atoms with Gasteiger partial charge in [-0.1, -0.05) is 72.8 Å². The Morgan fingerprint density at radius 3 is 1.90 bits per heavy atom. The van der Waals surface area contributed by atoms with Crippen LogP contribution in [0.3, 0.4) is 0 Å². The van der Waals surface area contributed by atoms with Crippen LogP contribution in [0.25, 0.3) is 11.1 Å². The number of carbonyl (C=O) groups excluding carboxylic acids is 1. The Balaban J connectivity index is 1.34. The molecule has 0 atom stereocenters. The first kappa shape index (κ1) is 19.4. The molecule has 0 heterocycles. The highest BCUT2D eigenvalue weighted by atomic mass is 16.6. The highest BCUT2D eigenvalue weighted by Crippen LogP contribution is 2.44. The first-order valence-electron chi connectivity index (χ1n) is 10.5. The van der Waals surface area contributed by atoms with Crippen LogP contribution in [0.2, 0.25) is 0 Å². The number of fused-ring (bicyclic) bond motifs is 4. The summed E-state index contributed by atoms with van der Waals surface area (Å²) in [6.45, 7) is -0.183. The van der Waals surface area contributed by atoms with Gasteiger partial charge in [0.1, 0.15) is 13.2 Å². The first-order chi connectivity index (χ1) is 15.1. The van der Waals surface area contributed by atoms with Gasteiger partial charge in [-0.3, -0.25) is 9.69 Å². The van der Waals surface area contributed by atoms with E-state index in [1.54, 1.807) is 0 Å². The quantitative estimate of drug-likeness (QED) is 0.669. The van der Waals surface area contributed by atoms with Gasteiger partial charge >= 0.3 is 12.1 Å². The minimum Gasteiger partial charge on any atom is -0.480 e. The summed E-state index contributed by atoms with van der Waals surface area (Å²) in [4.78, 5) is 25.9. The van der Waals surface area contributed by atoms with Crippen molar-refractivity contribution in [1.29, 1.82) is 0 Å². The molecule has 5 rings (SSSR count). The van der Waals surface area contributed by atoms with E-state index in [9.17, 15) is 14.7 Å². The second-order valence-corrected chi connectivity index (χ2v) is 8.16. The van der Waals surface area contributed by atoms with Crippen LogP contribution in [0.5, 0.6) is 0 Å². The molecule has 0 saturated heterocycles. The van der Waals surface area contributed by atoms with Crippen LogP contribution in [0.15, 0.2) is 72.8 Å². The van der Waals surface area contributed by atoms with Crippen LogP contribution < -0.4 is 0 Å². The summed E-state index contributed by atoms with van der Waals surface area (Å²) in [7, 11) is 0. The Bertz CT molecular complexity index is 1080. The van der Waals surface area contributed by atoms with E-state index in [-0.39, 0.29) is 25.1 Å². The fourth-order valence-corrected chi connectivity index (χ4v) is 4.92. The van der Waals surface area contributed by atoms with Crippen molar-refractivity contribution in [1.82, 2.24) is 4.90 Å². The Hall–Kier alpha value is -3.60. The number of amides is 1. The Labute approximate surface area is 180 Å². The van der Waals surface area contributed by atoms with Crippen molar-refractivity contribution >= 4 is 12.1 Å². The fourth-order valence-electron chi connectivity index (χ4n) is 4.92. The summed E-state index contributed by atoms with van der Waals surface area (Å²) < 4.78 is 5.74. The van der Waals surface area contributed by atoms with E-state index in [1.165, 1.54) is 4.90 Å². The zero-order valence-corrected chi connectivity index (χ0v) is 17.0. The number of nitrogens with zero attached hydrogens (tertiary/aromatic N) is 1. The summed E-state index contributed by atoms with van der Waals surface area (Å²) in [6.07, 6.45) is 0.725. The Morgan fingerprint density at radius 2 is 1.35 bits per heavy atom. The van der Waals surface area contributed by atoms with Gasteiger partial charge in [-0.15, -0.1) is 0 Å². The van der Waals surface area contributed by atoms with E-state index >= 15 is 0 Å². The van der Waals surface area contributed by atoms with Gasteiger partial charge in [-0.2, -0.15) is 0 Å². The molecule has 0 fully saturated rings. The Morgan fingerprint density at radius 1 is 0.839 bits per heavy atom. The van der Waals surface area contributed by atoms with Gasteiger partial charge in [0, 0.05) is 12.0 Å². The summed E-state index contributed by atoms with van der Waals surface area (Å²) in [6, 6.07) is 24.1. The van der Waals surface area contributed by atoms with Crippen molar-refractivity contribution < 1.29 is 19.4 Å². The van der Waals surface area contributed by atoms with Crippen LogP contribution in [0.4, 0.5) is 4.79 Å². The van der Waals surface area contributed by atoms with Crippen LogP contribution >= 0.6 is 0 Å². The van der Waals surface area contributed by atoms with Gasteiger partial charge < -0.3 is 9.84 Å². The van der Waals surface area contributed by atoms with Crippen molar-refractivity contribution in [3.8, 4) is 11.1 Å². The van der Waals surface area contributed by atoms with Crippen molar-refractivity contribution in [3.63, 3.8) is 0 Å². The van der Waals surface area contributed by atoms with Gasteiger partial charge in [0.2, 0.25) is 0 Å². The molecule has 5 heteroatoms. The number of hydrogen-bond acceptors (Lipinski definition) is 3. The lowest BCUT2D eigenvalue weighted by molar-refractivity contribution is -0.138. The number of carboxylic acid groups (broad SMARTS) is 1. The molecular weight excluding hydrogens is 390 g/mol. The molecule has 2 aliphatic rings. The van der Waals surface area contributed by atoms with Crippen LogP contribution in [0, 0.1) is 0 Å². The van der Waals surface area contributed by atoms with Gasteiger partial charge in [-0.05, 0) is 46.2 Å². The topological polar surface area (TPSA) is 66.8 Å². The predicted octanol–water partition coefficient (Wildman–Crippen LogP) is 4.49. The summed E-state index contributed by atoms with van der Waals surface area (Å²) in [5.41, 5.74) is 6.91. The van der Waals surface area contributed by atoms with Crippen LogP contribution in [-0.2, 0) is 22.4 Å². The smallest absolute Gasteiger partial charge is 0.410 e. The van der Waals surface area contributed by atoms with E-state index in [1.807, 2.05) is 48.5 Å². The minimum absolute atomic E-state index is 0.0520. The standard InChI is InChI=1S/C26H23NO4/c28-25(29)15-27(19-13-17-7-1-2-8-18(17)14-19)26(30)31-16-24-22-11-5-3-9-20(22)21-10-4-6-12-23(21)24/h1-12,19,24H,13-16H2,(H,28,29). The third kappa shape index (κ3) is 3.56. The molecule has 2 aliphatic carbocycles. The number of carboxylic acids is 1. The number of carbonyl (C=O) groups is 2. The van der Waals surface area contributed by atoms with Crippen molar-refractivity contribution in [2.45, 2.75) is 24.8 Å². The van der Waals surface area contributed by atoms with Crippen molar-refractivity contribution in [2.24, 2.45) is 0 Å². The monoisotopic (exact) mass is 413 g/mol. The van der Waals surface area contributed by atoms with Gasteiger partial charge in [0.15, 0.2) is 0 Å². The number of hydrogen-bond donors (Lipinski definition) is 1. The van der Waals surface area contributed by atoms with E-state index in [0.29, 0.717) is 12.8 Å². The van der Waals surface area contributed by atoms with Crippen LogP contribution in [-0.4, -0.2) is 41.3 Å². The summed E-state index contributed by atoms with van der Waals surface area (Å²) in [5, 5.41) is 9.40. The zero-order chi connectivity index (χ0) is 21.4. The van der Waals surface area contributed by atoms with E-state index in [2.05, 4.69) is 24.3 Å². The van der Waals surface area contributed by atoms with Gasteiger partial charge in [-0.25, -0.2) is 4.79 Å². The number of rotatable bonds is 5. The average Bonchev–Trinajstić information content (AvgIpc) is 3.35. The molecule has 0 saturated carbocycles. The van der Waals surface area contributed by atoms with Gasteiger partial charge in [0.05, 0.1) is 0 Å². The molecule has 1 N–H and O–H groups in total. The molecule has 3 aromatic carbocycles. The Kier molecular flexibility index (Phi) is 4.94. The summed E-state index contributed by atoms with van der Waals surface area (Å²) >= 11 is 0. The maximum atomic E-state index is 13.0. The second kappa shape index (κ2) is 7.91. The molecule has 3 aromatic rings. The average molecular weight is 413 g/mol. The SMILES string of the molecule is O=C(O)CN(C(=O)OCC1c2ccccc2-c2ccccc21)C1Cc2ccccc2C1. The predicted molar refractivity (Wildman–Crippen MR) is 117 cm³/mol. The first-order valence-corrected chi connectivity index (χ1v) is 10.5.